The molecule has 0 spiro atoms. The molecule has 1 amide bonds. The molecular weight excluding hydrogens is 292 g/mol. The van der Waals surface area contributed by atoms with Crippen molar-refractivity contribution in [3.63, 3.8) is 0 Å². The number of carbonyl (C=O) groups is 2. The van der Waals surface area contributed by atoms with E-state index < -0.39 is 12.0 Å². The first-order valence-electron chi connectivity index (χ1n) is 7.57. The maximum Gasteiger partial charge on any atom is 0.327 e. The topological polar surface area (TPSA) is 78.9 Å². The van der Waals surface area contributed by atoms with E-state index in [1.807, 2.05) is 6.92 Å². The summed E-state index contributed by atoms with van der Waals surface area (Å²) in [6.45, 7) is 5.80. The molecule has 2 aliphatic heterocycles. The number of carboxylic acids is 1. The van der Waals surface area contributed by atoms with Crippen LogP contribution in [0.1, 0.15) is 26.7 Å². The molecule has 0 saturated carbocycles. The number of hydrogen-bond acceptors (Lipinski definition) is 5. The molecule has 2 aliphatic rings. The highest BCUT2D eigenvalue weighted by Crippen LogP contribution is 2.33. The van der Waals surface area contributed by atoms with Crippen molar-refractivity contribution in [1.29, 1.82) is 0 Å². The fourth-order valence-corrected chi connectivity index (χ4v) is 4.24. The summed E-state index contributed by atoms with van der Waals surface area (Å²) in [5, 5.41) is 12.6. The number of hydrogen-bond donors (Lipinski definition) is 2. The fraction of sp³-hybridized carbons (Fsp3) is 0.857. The molecule has 2 saturated heterocycles. The largest absolute Gasteiger partial charge is 0.480 e. The van der Waals surface area contributed by atoms with Crippen LogP contribution in [0.2, 0.25) is 0 Å². The average Bonchev–Trinajstić information content (AvgIpc) is 3.10. The predicted octanol–water partition coefficient (Wildman–Crippen LogP) is 0.766. The Morgan fingerprint density at radius 2 is 2.14 bits per heavy atom. The van der Waals surface area contributed by atoms with Gasteiger partial charge in [-0.25, -0.2) is 4.79 Å². The lowest BCUT2D eigenvalue weighted by molar-refractivity contribution is -0.151. The van der Waals surface area contributed by atoms with Crippen LogP contribution in [-0.4, -0.2) is 64.9 Å². The highest BCUT2D eigenvalue weighted by molar-refractivity contribution is 8.00. The van der Waals surface area contributed by atoms with E-state index in [9.17, 15) is 14.7 Å². The lowest BCUT2D eigenvalue weighted by Crippen LogP contribution is -2.52. The third-order valence-corrected chi connectivity index (χ3v) is 5.49. The molecule has 21 heavy (non-hydrogen) atoms. The lowest BCUT2D eigenvalue weighted by atomic mass is 10.0. The van der Waals surface area contributed by atoms with E-state index in [2.05, 4.69) is 12.2 Å². The third kappa shape index (κ3) is 3.52. The van der Waals surface area contributed by atoms with Gasteiger partial charge >= 0.3 is 5.97 Å². The van der Waals surface area contributed by atoms with Crippen LogP contribution in [0.5, 0.6) is 0 Å². The number of carbonyl (C=O) groups excluding carboxylic acids is 1. The van der Waals surface area contributed by atoms with Crippen molar-refractivity contribution in [2.24, 2.45) is 5.92 Å². The minimum atomic E-state index is -0.913. The van der Waals surface area contributed by atoms with Gasteiger partial charge in [-0.1, -0.05) is 13.8 Å². The number of ether oxygens (including phenoxy) is 1. The fourth-order valence-electron chi connectivity index (χ4n) is 2.88. The zero-order valence-corrected chi connectivity index (χ0v) is 13.4. The van der Waals surface area contributed by atoms with Crippen molar-refractivity contribution in [1.82, 2.24) is 10.2 Å². The van der Waals surface area contributed by atoms with Crippen LogP contribution in [0.3, 0.4) is 0 Å². The van der Waals surface area contributed by atoms with E-state index in [4.69, 9.17) is 4.74 Å². The maximum absolute atomic E-state index is 12.8. The number of aliphatic carboxylic acids is 1. The molecule has 0 aliphatic carbocycles. The first kappa shape index (κ1) is 16.6. The molecule has 7 heteroatoms. The van der Waals surface area contributed by atoms with Crippen LogP contribution in [-0.2, 0) is 14.3 Å². The molecule has 120 valence electrons. The Morgan fingerprint density at radius 3 is 2.76 bits per heavy atom. The number of carboxylic acid groups (broad SMARTS) is 1. The molecule has 0 bridgehead atoms. The van der Waals surface area contributed by atoms with E-state index in [0.717, 1.165) is 19.4 Å². The molecule has 0 aromatic rings. The standard InChI is InChI=1S/C14H24N2O4S/c1-3-5-15-10-7-20-6-9(10)13(17)16-11(14(18)19)8-21-12(16)4-2/h9-12,15H,3-8H2,1-2H3,(H,18,19). The molecule has 2 heterocycles. The van der Waals surface area contributed by atoms with E-state index in [-0.39, 0.29) is 23.2 Å². The summed E-state index contributed by atoms with van der Waals surface area (Å²) in [7, 11) is 0. The number of nitrogens with one attached hydrogen (secondary N) is 1. The van der Waals surface area contributed by atoms with Gasteiger partial charge in [-0.15, -0.1) is 11.8 Å². The molecule has 2 N–H and O–H groups in total. The van der Waals surface area contributed by atoms with E-state index >= 15 is 0 Å². The Hall–Kier alpha value is -0.790. The van der Waals surface area contributed by atoms with Crippen LogP contribution in [0, 0.1) is 5.92 Å². The molecule has 0 aromatic heterocycles. The van der Waals surface area contributed by atoms with Crippen molar-refractivity contribution in [2.45, 2.75) is 44.1 Å². The molecule has 0 radical (unpaired) electrons. The van der Waals surface area contributed by atoms with Crippen molar-refractivity contribution < 1.29 is 19.4 Å². The second-order valence-electron chi connectivity index (χ2n) is 5.50. The van der Waals surface area contributed by atoms with E-state index in [1.54, 1.807) is 16.7 Å². The van der Waals surface area contributed by atoms with Gasteiger partial charge in [0, 0.05) is 11.8 Å². The molecule has 2 fully saturated rings. The highest BCUT2D eigenvalue weighted by Gasteiger charge is 2.45. The van der Waals surface area contributed by atoms with Crippen molar-refractivity contribution in [2.75, 3.05) is 25.5 Å². The normalized spacial score (nSPS) is 32.6. The van der Waals surface area contributed by atoms with Gasteiger partial charge in [0.2, 0.25) is 5.91 Å². The molecular formula is C14H24N2O4S. The summed E-state index contributed by atoms with van der Waals surface area (Å²) in [4.78, 5) is 25.8. The summed E-state index contributed by atoms with van der Waals surface area (Å²) in [5.41, 5.74) is 0. The quantitative estimate of drug-likeness (QED) is 0.753. The SMILES string of the molecule is CCCNC1COCC1C(=O)N1C(CC)SCC1C(=O)O. The van der Waals surface area contributed by atoms with Gasteiger partial charge in [0.1, 0.15) is 6.04 Å². The van der Waals surface area contributed by atoms with Gasteiger partial charge in [-0.3, -0.25) is 4.79 Å². The highest BCUT2D eigenvalue weighted by atomic mass is 32.2. The molecule has 4 atom stereocenters. The third-order valence-electron chi connectivity index (χ3n) is 4.04. The molecule has 0 aromatic carbocycles. The van der Waals surface area contributed by atoms with Gasteiger partial charge in [0.05, 0.1) is 24.5 Å². The molecule has 6 nitrogen and oxygen atoms in total. The second-order valence-corrected chi connectivity index (χ2v) is 6.71. The number of amides is 1. The maximum atomic E-state index is 12.8. The minimum Gasteiger partial charge on any atom is -0.480 e. The Bertz CT molecular complexity index is 393. The van der Waals surface area contributed by atoms with E-state index in [1.165, 1.54) is 0 Å². The summed E-state index contributed by atoms with van der Waals surface area (Å²) < 4.78 is 5.45. The van der Waals surface area contributed by atoms with Crippen molar-refractivity contribution in [3.8, 4) is 0 Å². The smallest absolute Gasteiger partial charge is 0.327 e. The number of thioether (sulfide) groups is 1. The van der Waals surface area contributed by atoms with Crippen LogP contribution < -0.4 is 5.32 Å². The van der Waals surface area contributed by atoms with Gasteiger partial charge in [-0.05, 0) is 19.4 Å². The first-order chi connectivity index (χ1) is 10.1. The molecule has 4 unspecified atom stereocenters. The second kappa shape index (κ2) is 7.47. The van der Waals surface area contributed by atoms with Gasteiger partial charge in [0.15, 0.2) is 0 Å². The van der Waals surface area contributed by atoms with Crippen LogP contribution in [0.4, 0.5) is 0 Å². The Morgan fingerprint density at radius 1 is 1.38 bits per heavy atom. The van der Waals surface area contributed by atoms with E-state index in [0.29, 0.717) is 19.0 Å². The van der Waals surface area contributed by atoms with Crippen LogP contribution in [0.15, 0.2) is 0 Å². The summed E-state index contributed by atoms with van der Waals surface area (Å²) >= 11 is 1.56. The number of rotatable bonds is 6. The zero-order valence-electron chi connectivity index (χ0n) is 12.6. The van der Waals surface area contributed by atoms with Crippen molar-refractivity contribution in [3.05, 3.63) is 0 Å². The Kier molecular flexibility index (Phi) is 5.89. The first-order valence-corrected chi connectivity index (χ1v) is 8.62. The monoisotopic (exact) mass is 316 g/mol. The molecule has 2 rings (SSSR count). The number of nitrogens with zero attached hydrogens (tertiary/aromatic N) is 1. The van der Waals surface area contributed by atoms with Crippen LogP contribution >= 0.6 is 11.8 Å². The predicted molar refractivity (Wildman–Crippen MR) is 81.2 cm³/mol. The van der Waals surface area contributed by atoms with Crippen molar-refractivity contribution >= 4 is 23.6 Å². The Balaban J connectivity index is 2.10. The average molecular weight is 316 g/mol. The summed E-state index contributed by atoms with van der Waals surface area (Å²) in [6, 6.07) is -0.713. The Labute approximate surface area is 129 Å². The zero-order chi connectivity index (χ0) is 15.4. The van der Waals surface area contributed by atoms with Gasteiger partial charge < -0.3 is 20.1 Å². The van der Waals surface area contributed by atoms with Gasteiger partial charge in [-0.2, -0.15) is 0 Å². The van der Waals surface area contributed by atoms with Crippen LogP contribution in [0.25, 0.3) is 0 Å². The summed E-state index contributed by atoms with van der Waals surface area (Å²) in [6.07, 6.45) is 1.76. The minimum absolute atomic E-state index is 0.00463. The lowest BCUT2D eigenvalue weighted by Gasteiger charge is -2.30. The summed E-state index contributed by atoms with van der Waals surface area (Å²) in [5.74, 6) is -0.791. The van der Waals surface area contributed by atoms with Gasteiger partial charge in [0.25, 0.3) is 0 Å².